The van der Waals surface area contributed by atoms with Crippen LogP contribution in [0, 0.1) is 11.3 Å². The Morgan fingerprint density at radius 1 is 1.18 bits per heavy atom. The maximum Gasteiger partial charge on any atom is 0.253 e. The predicted octanol–water partition coefficient (Wildman–Crippen LogP) is 3.82. The maximum absolute atomic E-state index is 12.9. The standard InChI is InChI=1S/C23H22N4O/c24-15-19-8-4-9-20(14-19)23(28)27-12-5-10-21(17-27)22-25-11-13-26(22)16-18-6-2-1-3-7-18/h1-4,6-9,11,13-14,21H,5,10,12,16-17H2/t21-/m0/s1. The van der Waals surface area contributed by atoms with E-state index in [9.17, 15) is 4.79 Å². The third kappa shape index (κ3) is 3.81. The lowest BCUT2D eigenvalue weighted by molar-refractivity contribution is 0.0703. The first-order valence-corrected chi connectivity index (χ1v) is 9.59. The van der Waals surface area contributed by atoms with Crippen LogP contribution in [0.5, 0.6) is 0 Å². The average molecular weight is 370 g/mol. The molecule has 2 aromatic carbocycles. The van der Waals surface area contributed by atoms with Gasteiger partial charge in [-0.3, -0.25) is 4.79 Å². The van der Waals surface area contributed by atoms with Gasteiger partial charge in [-0.25, -0.2) is 4.98 Å². The lowest BCUT2D eigenvalue weighted by Crippen LogP contribution is -2.39. The van der Waals surface area contributed by atoms with E-state index in [2.05, 4.69) is 27.8 Å². The Kier molecular flexibility index (Phi) is 5.20. The van der Waals surface area contributed by atoms with Gasteiger partial charge in [-0.15, -0.1) is 0 Å². The van der Waals surface area contributed by atoms with Gasteiger partial charge >= 0.3 is 0 Å². The smallest absolute Gasteiger partial charge is 0.253 e. The molecule has 0 N–H and O–H groups in total. The quantitative estimate of drug-likeness (QED) is 0.701. The van der Waals surface area contributed by atoms with Crippen molar-refractivity contribution in [2.75, 3.05) is 13.1 Å². The Morgan fingerprint density at radius 2 is 2.04 bits per heavy atom. The van der Waals surface area contributed by atoms with E-state index >= 15 is 0 Å². The van der Waals surface area contributed by atoms with Crippen molar-refractivity contribution in [3.63, 3.8) is 0 Å². The minimum Gasteiger partial charge on any atom is -0.338 e. The van der Waals surface area contributed by atoms with Crippen molar-refractivity contribution >= 4 is 5.91 Å². The van der Waals surface area contributed by atoms with E-state index in [1.807, 2.05) is 35.5 Å². The summed E-state index contributed by atoms with van der Waals surface area (Å²) in [5.41, 5.74) is 2.32. The zero-order valence-electron chi connectivity index (χ0n) is 15.7. The van der Waals surface area contributed by atoms with Gasteiger partial charge in [0.1, 0.15) is 5.82 Å². The topological polar surface area (TPSA) is 61.9 Å². The molecule has 1 aromatic heterocycles. The molecule has 1 aliphatic heterocycles. The third-order valence-electron chi connectivity index (χ3n) is 5.26. The molecule has 4 rings (SSSR count). The molecule has 1 amide bonds. The van der Waals surface area contributed by atoms with Gasteiger partial charge in [0, 0.05) is 43.5 Å². The monoisotopic (exact) mass is 370 g/mol. The second kappa shape index (κ2) is 8.10. The first kappa shape index (κ1) is 18.0. The lowest BCUT2D eigenvalue weighted by Gasteiger charge is -2.33. The highest BCUT2D eigenvalue weighted by Gasteiger charge is 2.28. The van der Waals surface area contributed by atoms with E-state index in [1.165, 1.54) is 5.56 Å². The molecule has 28 heavy (non-hydrogen) atoms. The summed E-state index contributed by atoms with van der Waals surface area (Å²) in [7, 11) is 0. The van der Waals surface area contributed by atoms with Crippen LogP contribution < -0.4 is 0 Å². The lowest BCUT2D eigenvalue weighted by atomic mass is 9.96. The van der Waals surface area contributed by atoms with E-state index in [4.69, 9.17) is 5.26 Å². The number of piperidine rings is 1. The van der Waals surface area contributed by atoms with Crippen molar-refractivity contribution in [3.05, 3.63) is 89.5 Å². The number of hydrogen-bond acceptors (Lipinski definition) is 3. The zero-order valence-corrected chi connectivity index (χ0v) is 15.7. The summed E-state index contributed by atoms with van der Waals surface area (Å²) < 4.78 is 2.18. The fourth-order valence-electron chi connectivity index (χ4n) is 3.87. The highest BCUT2D eigenvalue weighted by molar-refractivity contribution is 5.94. The molecule has 5 heteroatoms. The van der Waals surface area contributed by atoms with Crippen molar-refractivity contribution in [1.82, 2.24) is 14.5 Å². The molecule has 3 aromatic rings. The van der Waals surface area contributed by atoms with E-state index < -0.39 is 0 Å². The number of amides is 1. The fraction of sp³-hybridized carbons (Fsp3) is 0.261. The number of aromatic nitrogens is 2. The van der Waals surface area contributed by atoms with Gasteiger partial charge in [-0.2, -0.15) is 5.26 Å². The number of likely N-dealkylation sites (tertiary alicyclic amines) is 1. The van der Waals surface area contributed by atoms with Crippen molar-refractivity contribution < 1.29 is 4.79 Å². The summed E-state index contributed by atoms with van der Waals surface area (Å²) >= 11 is 0. The van der Waals surface area contributed by atoms with E-state index in [1.54, 1.807) is 24.3 Å². The minimum atomic E-state index is -0.0111. The van der Waals surface area contributed by atoms with E-state index in [0.717, 1.165) is 31.8 Å². The Bertz CT molecular complexity index is 1000. The number of hydrogen-bond donors (Lipinski definition) is 0. The molecule has 1 saturated heterocycles. The van der Waals surface area contributed by atoms with Gasteiger partial charge < -0.3 is 9.47 Å². The number of carbonyl (C=O) groups is 1. The van der Waals surface area contributed by atoms with Gasteiger partial charge in [0.2, 0.25) is 0 Å². The van der Waals surface area contributed by atoms with Crippen molar-refractivity contribution in [2.45, 2.75) is 25.3 Å². The normalized spacial score (nSPS) is 16.5. The van der Waals surface area contributed by atoms with Gasteiger partial charge in [-0.1, -0.05) is 36.4 Å². The number of nitriles is 1. The highest BCUT2D eigenvalue weighted by Crippen LogP contribution is 2.27. The van der Waals surface area contributed by atoms with Crippen LogP contribution in [0.1, 0.15) is 46.1 Å². The molecule has 0 unspecified atom stereocenters. The molecule has 0 radical (unpaired) electrons. The zero-order chi connectivity index (χ0) is 19.3. The Hall–Kier alpha value is -3.39. The number of carbonyl (C=O) groups excluding carboxylic acids is 1. The maximum atomic E-state index is 12.9. The summed E-state index contributed by atoms with van der Waals surface area (Å²) in [5, 5.41) is 9.09. The summed E-state index contributed by atoms with van der Waals surface area (Å²) in [5.74, 6) is 1.24. The summed E-state index contributed by atoms with van der Waals surface area (Å²) in [6, 6.07) is 19.4. The molecule has 0 aliphatic carbocycles. The van der Waals surface area contributed by atoms with Crippen LogP contribution in [-0.4, -0.2) is 33.4 Å². The number of benzene rings is 2. The summed E-state index contributed by atoms with van der Waals surface area (Å²) in [4.78, 5) is 19.5. The summed E-state index contributed by atoms with van der Waals surface area (Å²) in [6.07, 6.45) is 5.83. The minimum absolute atomic E-state index is 0.0111. The van der Waals surface area contributed by atoms with Crippen LogP contribution in [0.25, 0.3) is 0 Å². The summed E-state index contributed by atoms with van der Waals surface area (Å²) in [6.45, 7) is 2.18. The largest absolute Gasteiger partial charge is 0.338 e. The van der Waals surface area contributed by atoms with Crippen molar-refractivity contribution in [1.29, 1.82) is 5.26 Å². The van der Waals surface area contributed by atoms with Crippen molar-refractivity contribution in [2.24, 2.45) is 0 Å². The molecule has 0 bridgehead atoms. The molecular weight excluding hydrogens is 348 g/mol. The molecule has 1 fully saturated rings. The molecule has 140 valence electrons. The Morgan fingerprint density at radius 3 is 2.86 bits per heavy atom. The van der Waals surface area contributed by atoms with Crippen LogP contribution >= 0.6 is 0 Å². The number of nitrogens with zero attached hydrogens (tertiary/aromatic N) is 4. The highest BCUT2D eigenvalue weighted by atomic mass is 16.2. The van der Waals surface area contributed by atoms with E-state index in [0.29, 0.717) is 17.7 Å². The van der Waals surface area contributed by atoms with Crippen LogP contribution in [-0.2, 0) is 6.54 Å². The van der Waals surface area contributed by atoms with Crippen LogP contribution in [0.3, 0.4) is 0 Å². The van der Waals surface area contributed by atoms with Gasteiger partial charge in [0.05, 0.1) is 11.6 Å². The number of imidazole rings is 1. The fourth-order valence-corrected chi connectivity index (χ4v) is 3.87. The first-order chi connectivity index (χ1) is 13.7. The number of rotatable bonds is 4. The third-order valence-corrected chi connectivity index (χ3v) is 5.26. The molecule has 5 nitrogen and oxygen atoms in total. The van der Waals surface area contributed by atoms with Crippen molar-refractivity contribution in [3.8, 4) is 6.07 Å². The van der Waals surface area contributed by atoms with E-state index in [-0.39, 0.29) is 11.8 Å². The molecule has 2 heterocycles. The second-order valence-corrected chi connectivity index (χ2v) is 7.18. The van der Waals surface area contributed by atoms with Crippen LogP contribution in [0.15, 0.2) is 67.0 Å². The van der Waals surface area contributed by atoms with Gasteiger partial charge in [0.25, 0.3) is 5.91 Å². The molecule has 1 aliphatic rings. The second-order valence-electron chi connectivity index (χ2n) is 7.18. The SMILES string of the molecule is N#Cc1cccc(C(=O)N2CCC[C@H](c3nccn3Cc3ccccc3)C2)c1. The predicted molar refractivity (Wildman–Crippen MR) is 107 cm³/mol. The first-order valence-electron chi connectivity index (χ1n) is 9.59. The molecular formula is C23H22N4O. The molecule has 0 spiro atoms. The van der Waals surface area contributed by atoms with Gasteiger partial charge in [-0.05, 0) is 36.6 Å². The molecule has 1 atom stereocenters. The van der Waals surface area contributed by atoms with Crippen LogP contribution in [0.2, 0.25) is 0 Å². The molecule has 0 saturated carbocycles. The average Bonchev–Trinajstić information content (AvgIpc) is 3.22. The Balaban J connectivity index is 1.51. The van der Waals surface area contributed by atoms with Crippen LogP contribution in [0.4, 0.5) is 0 Å². The van der Waals surface area contributed by atoms with Gasteiger partial charge in [0.15, 0.2) is 0 Å². The Labute approximate surface area is 164 Å².